The van der Waals surface area contributed by atoms with Crippen LogP contribution >= 0.6 is 0 Å². The van der Waals surface area contributed by atoms with E-state index in [9.17, 15) is 14.4 Å². The minimum atomic E-state index is -0.177. The summed E-state index contributed by atoms with van der Waals surface area (Å²) >= 11 is 0. The number of likely N-dealkylation sites (tertiary alicyclic amines) is 1. The van der Waals surface area contributed by atoms with Gasteiger partial charge in [0.25, 0.3) is 11.8 Å². The monoisotopic (exact) mass is 576 g/mol. The SMILES string of the molecule is CC(=O)N1C2C(CC(c3ccc(C(=O)N(C)C)cc3)CN2C2CCCCCCCCC2)N(C(=O)c2ccco2)C[C@@H]1C. The van der Waals surface area contributed by atoms with Gasteiger partial charge in [-0.2, -0.15) is 0 Å². The number of hydrogen-bond acceptors (Lipinski definition) is 5. The molecule has 2 aliphatic heterocycles. The molecule has 1 aliphatic carbocycles. The Morgan fingerprint density at radius 1 is 0.881 bits per heavy atom. The number of rotatable bonds is 4. The van der Waals surface area contributed by atoms with Crippen LogP contribution in [0.1, 0.15) is 110 Å². The molecule has 42 heavy (non-hydrogen) atoms. The first-order chi connectivity index (χ1) is 20.3. The van der Waals surface area contributed by atoms with Gasteiger partial charge in [0.1, 0.15) is 6.17 Å². The molecule has 2 saturated heterocycles. The van der Waals surface area contributed by atoms with Gasteiger partial charge in [0.2, 0.25) is 5.91 Å². The summed E-state index contributed by atoms with van der Waals surface area (Å²) in [6.45, 7) is 5.04. The molecule has 8 nitrogen and oxygen atoms in total. The van der Waals surface area contributed by atoms with Crippen LogP contribution in [0.4, 0.5) is 0 Å². The molecule has 1 saturated carbocycles. The smallest absolute Gasteiger partial charge is 0.289 e. The first-order valence-corrected chi connectivity index (χ1v) is 16.0. The van der Waals surface area contributed by atoms with E-state index in [0.717, 1.165) is 25.8 Å². The molecule has 4 atom stereocenters. The van der Waals surface area contributed by atoms with E-state index in [-0.39, 0.29) is 41.9 Å². The lowest BCUT2D eigenvalue weighted by atomic mass is 9.81. The molecule has 228 valence electrons. The van der Waals surface area contributed by atoms with Crippen molar-refractivity contribution in [3.8, 4) is 0 Å². The Morgan fingerprint density at radius 3 is 2.10 bits per heavy atom. The summed E-state index contributed by atoms with van der Waals surface area (Å²) in [5.41, 5.74) is 1.84. The molecular formula is C34H48N4O4. The third-order valence-electron chi connectivity index (χ3n) is 9.70. The fraction of sp³-hybridized carbons (Fsp3) is 0.618. The van der Waals surface area contributed by atoms with Gasteiger partial charge in [-0.05, 0) is 61.9 Å². The van der Waals surface area contributed by atoms with Crippen LogP contribution in [0.2, 0.25) is 0 Å². The highest BCUT2D eigenvalue weighted by Gasteiger charge is 2.51. The van der Waals surface area contributed by atoms with Crippen LogP contribution in [0.15, 0.2) is 47.1 Å². The number of furan rings is 1. The predicted molar refractivity (Wildman–Crippen MR) is 163 cm³/mol. The van der Waals surface area contributed by atoms with Crippen molar-refractivity contribution in [2.45, 2.75) is 108 Å². The maximum absolute atomic E-state index is 13.9. The molecule has 3 aliphatic rings. The summed E-state index contributed by atoms with van der Waals surface area (Å²) in [6.07, 6.45) is 13.1. The van der Waals surface area contributed by atoms with E-state index >= 15 is 0 Å². The lowest BCUT2D eigenvalue weighted by Crippen LogP contribution is -2.73. The molecule has 1 aromatic carbocycles. The lowest BCUT2D eigenvalue weighted by molar-refractivity contribution is -0.159. The van der Waals surface area contributed by atoms with E-state index < -0.39 is 0 Å². The number of piperazine rings is 1. The van der Waals surface area contributed by atoms with Crippen LogP contribution in [0.25, 0.3) is 0 Å². The molecule has 1 aromatic heterocycles. The van der Waals surface area contributed by atoms with Gasteiger partial charge in [0, 0.05) is 51.8 Å². The van der Waals surface area contributed by atoms with Crippen molar-refractivity contribution >= 4 is 17.7 Å². The van der Waals surface area contributed by atoms with Crippen molar-refractivity contribution < 1.29 is 18.8 Å². The predicted octanol–water partition coefficient (Wildman–Crippen LogP) is 5.75. The largest absolute Gasteiger partial charge is 0.459 e. The molecule has 2 aromatic rings. The molecule has 3 fully saturated rings. The Labute approximate surface area is 251 Å². The highest BCUT2D eigenvalue weighted by atomic mass is 16.3. The Hall–Kier alpha value is -3.13. The fourth-order valence-corrected chi connectivity index (χ4v) is 7.63. The van der Waals surface area contributed by atoms with Gasteiger partial charge >= 0.3 is 0 Å². The number of amides is 3. The summed E-state index contributed by atoms with van der Waals surface area (Å²) in [4.78, 5) is 48.0. The number of carbonyl (C=O) groups is 3. The topological polar surface area (TPSA) is 77.3 Å². The van der Waals surface area contributed by atoms with Crippen LogP contribution < -0.4 is 0 Å². The van der Waals surface area contributed by atoms with Gasteiger partial charge < -0.3 is 19.1 Å². The number of piperidine rings is 1. The van der Waals surface area contributed by atoms with E-state index in [1.807, 2.05) is 17.0 Å². The highest BCUT2D eigenvalue weighted by molar-refractivity contribution is 5.94. The van der Waals surface area contributed by atoms with Crippen molar-refractivity contribution in [3.05, 3.63) is 59.5 Å². The molecule has 0 N–H and O–H groups in total. The summed E-state index contributed by atoms with van der Waals surface area (Å²) in [6, 6.07) is 11.6. The molecule has 5 rings (SSSR count). The Bertz CT molecular complexity index is 1200. The van der Waals surface area contributed by atoms with E-state index in [4.69, 9.17) is 4.42 Å². The van der Waals surface area contributed by atoms with Crippen molar-refractivity contribution in [2.75, 3.05) is 27.2 Å². The first-order valence-electron chi connectivity index (χ1n) is 16.0. The van der Waals surface area contributed by atoms with Crippen LogP contribution in [-0.4, -0.2) is 88.8 Å². The van der Waals surface area contributed by atoms with E-state index in [2.05, 4.69) is 28.9 Å². The highest BCUT2D eigenvalue weighted by Crippen LogP contribution is 2.41. The van der Waals surface area contributed by atoms with Crippen molar-refractivity contribution in [1.82, 2.24) is 19.6 Å². The molecule has 3 heterocycles. The lowest BCUT2D eigenvalue weighted by Gasteiger charge is -2.59. The zero-order valence-electron chi connectivity index (χ0n) is 25.8. The van der Waals surface area contributed by atoms with Gasteiger partial charge in [0.15, 0.2) is 5.76 Å². The standard InChI is InChI=1S/C34H48N4O4/c1-24-22-37(34(41)31-15-12-20-42-31)30-21-28(26-16-18-27(19-17-26)33(40)35(3)4)23-36(32(30)38(24)25(2)39)29-13-10-8-6-5-7-9-11-14-29/h12,15-20,24,28-30,32H,5-11,13-14,21-23H2,1-4H3/t24-,28?,30?,32?/m0/s1. The summed E-state index contributed by atoms with van der Waals surface area (Å²) in [5, 5.41) is 0. The van der Waals surface area contributed by atoms with Crippen molar-refractivity contribution in [2.24, 2.45) is 0 Å². The molecule has 0 bridgehead atoms. The van der Waals surface area contributed by atoms with Crippen LogP contribution in [0.3, 0.4) is 0 Å². The molecule has 3 amide bonds. The summed E-state index contributed by atoms with van der Waals surface area (Å²) < 4.78 is 5.58. The average molecular weight is 577 g/mol. The second kappa shape index (κ2) is 13.4. The number of benzene rings is 1. The molecule has 0 spiro atoms. The number of nitrogens with zero attached hydrogens (tertiary/aromatic N) is 4. The number of fused-ring (bicyclic) bond motifs is 1. The van der Waals surface area contributed by atoms with Crippen LogP contribution in [0, 0.1) is 0 Å². The molecule has 3 unspecified atom stereocenters. The zero-order chi connectivity index (χ0) is 29.8. The van der Waals surface area contributed by atoms with Gasteiger partial charge in [-0.3, -0.25) is 19.3 Å². The van der Waals surface area contributed by atoms with Gasteiger partial charge in [-0.25, -0.2) is 0 Å². The van der Waals surface area contributed by atoms with Crippen LogP contribution in [-0.2, 0) is 4.79 Å². The molecular weight excluding hydrogens is 528 g/mol. The first kappa shape index (κ1) is 30.3. The van der Waals surface area contributed by atoms with Crippen molar-refractivity contribution in [3.63, 3.8) is 0 Å². The third-order valence-corrected chi connectivity index (χ3v) is 9.70. The quantitative estimate of drug-likeness (QED) is 0.463. The zero-order valence-corrected chi connectivity index (χ0v) is 25.8. The second-order valence-electron chi connectivity index (χ2n) is 12.8. The van der Waals surface area contributed by atoms with Crippen molar-refractivity contribution in [1.29, 1.82) is 0 Å². The third kappa shape index (κ3) is 6.43. The second-order valence-corrected chi connectivity index (χ2v) is 12.8. The minimum absolute atomic E-state index is 0.0121. The van der Waals surface area contributed by atoms with Gasteiger partial charge in [-0.1, -0.05) is 57.1 Å². The number of hydrogen-bond donors (Lipinski definition) is 0. The van der Waals surface area contributed by atoms with E-state index in [1.54, 1.807) is 44.3 Å². The summed E-state index contributed by atoms with van der Waals surface area (Å²) in [7, 11) is 3.54. The normalized spacial score (nSPS) is 26.4. The maximum atomic E-state index is 13.9. The number of carbonyl (C=O) groups excluding carboxylic acids is 3. The van der Waals surface area contributed by atoms with Gasteiger partial charge in [-0.15, -0.1) is 0 Å². The van der Waals surface area contributed by atoms with E-state index in [1.165, 1.54) is 50.5 Å². The Kier molecular flexibility index (Phi) is 9.71. The van der Waals surface area contributed by atoms with E-state index in [0.29, 0.717) is 23.9 Å². The molecule has 8 heteroatoms. The summed E-state index contributed by atoms with van der Waals surface area (Å²) in [5.74, 6) is 0.457. The Balaban J connectivity index is 1.54. The Morgan fingerprint density at radius 2 is 1.52 bits per heavy atom. The average Bonchev–Trinajstić information content (AvgIpc) is 3.53. The van der Waals surface area contributed by atoms with Gasteiger partial charge in [0.05, 0.1) is 12.3 Å². The van der Waals surface area contributed by atoms with Crippen LogP contribution in [0.5, 0.6) is 0 Å². The maximum Gasteiger partial charge on any atom is 0.289 e. The fourth-order valence-electron chi connectivity index (χ4n) is 7.63. The minimum Gasteiger partial charge on any atom is -0.459 e. The molecule has 0 radical (unpaired) electrons.